The van der Waals surface area contributed by atoms with Gasteiger partial charge in [0.1, 0.15) is 5.75 Å². The number of fused-ring (bicyclic) bond motifs is 2. The average Bonchev–Trinajstić information content (AvgIpc) is 3.15. The van der Waals surface area contributed by atoms with Crippen LogP contribution in [-0.2, 0) is 0 Å². The maximum absolute atomic E-state index is 12.6. The zero-order valence-corrected chi connectivity index (χ0v) is 14.5. The minimum absolute atomic E-state index is 0.0357. The van der Waals surface area contributed by atoms with E-state index in [0.717, 1.165) is 0 Å². The van der Waals surface area contributed by atoms with Crippen molar-refractivity contribution in [2.75, 3.05) is 28.1 Å². The molecule has 0 amide bonds. The maximum Gasteiger partial charge on any atom is 0.344 e. The predicted octanol–water partition coefficient (Wildman–Crippen LogP) is 3.21. The summed E-state index contributed by atoms with van der Waals surface area (Å²) in [6.45, 7) is 0.0357. The predicted molar refractivity (Wildman–Crippen MR) is 93.7 cm³/mol. The van der Waals surface area contributed by atoms with Crippen LogP contribution in [0.2, 0.25) is 0 Å². The van der Waals surface area contributed by atoms with Crippen LogP contribution < -0.4 is 29.3 Å². The molecule has 0 bridgehead atoms. The van der Waals surface area contributed by atoms with Crippen molar-refractivity contribution in [3.8, 4) is 39.9 Å². The maximum atomic E-state index is 12.6. The highest BCUT2D eigenvalue weighted by atomic mass is 16.7. The summed E-state index contributed by atoms with van der Waals surface area (Å²) in [6, 6.07) is 8.82. The second-order valence-corrected chi connectivity index (χ2v) is 5.55. The van der Waals surface area contributed by atoms with E-state index in [4.69, 9.17) is 28.1 Å². The van der Waals surface area contributed by atoms with E-state index < -0.39 is 5.63 Å². The van der Waals surface area contributed by atoms with Crippen LogP contribution >= 0.6 is 0 Å². The summed E-state index contributed by atoms with van der Waals surface area (Å²) in [5.74, 6) is 2.20. The van der Waals surface area contributed by atoms with Gasteiger partial charge >= 0.3 is 5.63 Å². The van der Waals surface area contributed by atoms with Gasteiger partial charge in [-0.2, -0.15) is 0 Å². The quantitative estimate of drug-likeness (QED) is 0.664. The Kier molecular flexibility index (Phi) is 3.84. The largest absolute Gasteiger partial charge is 0.497 e. The second-order valence-electron chi connectivity index (χ2n) is 5.55. The van der Waals surface area contributed by atoms with Crippen LogP contribution in [0.15, 0.2) is 39.5 Å². The highest BCUT2D eigenvalue weighted by Crippen LogP contribution is 2.53. The monoisotopic (exact) mass is 356 g/mol. The lowest BCUT2D eigenvalue weighted by molar-refractivity contribution is 0.169. The molecule has 1 aliphatic rings. The van der Waals surface area contributed by atoms with Crippen LogP contribution in [0.5, 0.6) is 28.7 Å². The third-order valence-electron chi connectivity index (χ3n) is 4.23. The second kappa shape index (κ2) is 6.18. The summed E-state index contributed by atoms with van der Waals surface area (Å²) in [5, 5.41) is 0.555. The molecule has 0 spiro atoms. The normalized spacial score (nSPS) is 12.3. The lowest BCUT2D eigenvalue weighted by atomic mass is 10.0. The van der Waals surface area contributed by atoms with E-state index in [-0.39, 0.29) is 12.4 Å². The number of hydrogen-bond donors (Lipinski definition) is 0. The summed E-state index contributed by atoms with van der Waals surface area (Å²) in [5.41, 5.74) is 0.831. The first-order valence-corrected chi connectivity index (χ1v) is 7.83. The molecule has 0 atom stereocenters. The van der Waals surface area contributed by atoms with Crippen LogP contribution in [0, 0.1) is 0 Å². The van der Waals surface area contributed by atoms with Crippen molar-refractivity contribution in [3.63, 3.8) is 0 Å². The zero-order valence-electron chi connectivity index (χ0n) is 14.5. The van der Waals surface area contributed by atoms with Crippen molar-refractivity contribution in [2.24, 2.45) is 0 Å². The average molecular weight is 356 g/mol. The topological polar surface area (TPSA) is 76.4 Å². The molecule has 2 heterocycles. The molecule has 0 saturated carbocycles. The standard InChI is InChI=1S/C19H16O7/c1-21-11-6-4-10(5-7-11)12-8-13-14(22-2)17-18(25-9-24-17)16(23-3)15(13)26-19(12)20/h4-8H,9H2,1-3H3. The molecule has 0 unspecified atom stereocenters. The van der Waals surface area contributed by atoms with E-state index in [2.05, 4.69) is 0 Å². The third-order valence-corrected chi connectivity index (χ3v) is 4.23. The third kappa shape index (κ3) is 2.32. The smallest absolute Gasteiger partial charge is 0.344 e. The number of methoxy groups -OCH3 is 3. The van der Waals surface area contributed by atoms with Gasteiger partial charge in [0.15, 0.2) is 11.3 Å². The van der Waals surface area contributed by atoms with Gasteiger partial charge in [0.2, 0.25) is 24.0 Å². The molecule has 0 saturated heterocycles. The minimum Gasteiger partial charge on any atom is -0.497 e. The first-order valence-electron chi connectivity index (χ1n) is 7.83. The van der Waals surface area contributed by atoms with Crippen LogP contribution in [0.1, 0.15) is 0 Å². The Balaban J connectivity index is 2.01. The van der Waals surface area contributed by atoms with Crippen molar-refractivity contribution in [2.45, 2.75) is 0 Å². The van der Waals surface area contributed by atoms with E-state index in [0.29, 0.717) is 45.3 Å². The van der Waals surface area contributed by atoms with Gasteiger partial charge in [-0.1, -0.05) is 12.1 Å². The summed E-state index contributed by atoms with van der Waals surface area (Å²) >= 11 is 0. The molecule has 7 nitrogen and oxygen atoms in total. The van der Waals surface area contributed by atoms with Gasteiger partial charge in [0, 0.05) is 0 Å². The van der Waals surface area contributed by atoms with Gasteiger partial charge in [-0.3, -0.25) is 0 Å². The van der Waals surface area contributed by atoms with E-state index in [1.807, 2.05) is 0 Å². The Morgan fingerprint density at radius 2 is 1.54 bits per heavy atom. The van der Waals surface area contributed by atoms with E-state index >= 15 is 0 Å². The number of hydrogen-bond acceptors (Lipinski definition) is 7. The highest BCUT2D eigenvalue weighted by molar-refractivity contribution is 5.97. The Bertz CT molecular complexity index is 1030. The molecule has 3 aromatic rings. The first kappa shape index (κ1) is 16.1. The molecule has 0 N–H and O–H groups in total. The van der Waals surface area contributed by atoms with Gasteiger partial charge in [-0.25, -0.2) is 4.79 Å². The summed E-state index contributed by atoms with van der Waals surface area (Å²) in [7, 11) is 4.57. The number of ether oxygens (including phenoxy) is 5. The highest BCUT2D eigenvalue weighted by Gasteiger charge is 2.30. The fraction of sp³-hybridized carbons (Fsp3) is 0.211. The lowest BCUT2D eigenvalue weighted by Crippen LogP contribution is -2.04. The van der Waals surface area contributed by atoms with Crippen LogP contribution in [0.4, 0.5) is 0 Å². The minimum atomic E-state index is -0.498. The molecule has 1 aromatic heterocycles. The summed E-state index contributed by atoms with van der Waals surface area (Å²) < 4.78 is 32.6. The molecule has 26 heavy (non-hydrogen) atoms. The first-order chi connectivity index (χ1) is 12.7. The molecule has 2 aromatic carbocycles. The Morgan fingerprint density at radius 3 is 2.15 bits per heavy atom. The van der Waals surface area contributed by atoms with Crippen LogP contribution in [0.25, 0.3) is 22.1 Å². The van der Waals surface area contributed by atoms with Crippen molar-refractivity contribution >= 4 is 11.0 Å². The lowest BCUT2D eigenvalue weighted by Gasteiger charge is -2.13. The van der Waals surface area contributed by atoms with Gasteiger partial charge in [0.25, 0.3) is 0 Å². The molecule has 1 aliphatic heterocycles. The van der Waals surface area contributed by atoms with Crippen molar-refractivity contribution in [1.29, 1.82) is 0 Å². The molecule has 134 valence electrons. The van der Waals surface area contributed by atoms with Crippen molar-refractivity contribution in [3.05, 3.63) is 40.8 Å². The molecule has 0 aliphatic carbocycles. The Hall–Kier alpha value is -3.35. The number of rotatable bonds is 4. The fourth-order valence-electron chi connectivity index (χ4n) is 3.01. The molecule has 7 heteroatoms. The Labute approximate surface area is 148 Å². The molecule has 4 rings (SSSR count). The van der Waals surface area contributed by atoms with Crippen LogP contribution in [-0.4, -0.2) is 28.1 Å². The number of benzene rings is 2. The van der Waals surface area contributed by atoms with Crippen molar-refractivity contribution < 1.29 is 28.1 Å². The van der Waals surface area contributed by atoms with Crippen molar-refractivity contribution in [1.82, 2.24) is 0 Å². The van der Waals surface area contributed by atoms with Gasteiger partial charge in [0.05, 0.1) is 32.3 Å². The summed E-state index contributed by atoms with van der Waals surface area (Å²) in [4.78, 5) is 12.6. The van der Waals surface area contributed by atoms with E-state index in [9.17, 15) is 4.79 Å². The van der Waals surface area contributed by atoms with Crippen LogP contribution in [0.3, 0.4) is 0 Å². The molecule has 0 fully saturated rings. The molecular weight excluding hydrogens is 340 g/mol. The SMILES string of the molecule is COc1ccc(-c2cc3c(OC)c4c(c(OC)c3oc2=O)OCO4)cc1. The van der Waals surface area contributed by atoms with E-state index in [1.165, 1.54) is 14.2 Å². The zero-order chi connectivity index (χ0) is 18.3. The summed E-state index contributed by atoms with van der Waals surface area (Å²) in [6.07, 6.45) is 0. The molecular formula is C19H16O7. The van der Waals surface area contributed by atoms with Gasteiger partial charge < -0.3 is 28.1 Å². The Morgan fingerprint density at radius 1 is 0.885 bits per heavy atom. The fourth-order valence-corrected chi connectivity index (χ4v) is 3.01. The molecule has 0 radical (unpaired) electrons. The van der Waals surface area contributed by atoms with Gasteiger partial charge in [-0.15, -0.1) is 0 Å². The van der Waals surface area contributed by atoms with E-state index in [1.54, 1.807) is 37.4 Å². The van der Waals surface area contributed by atoms with Gasteiger partial charge in [-0.05, 0) is 23.8 Å².